The number of nitrogens with zero attached hydrogens (tertiary/aromatic N) is 3. The molecule has 2 aromatic carbocycles. The molecule has 5 rings (SSSR count). The molecular formula is C23H18ClN5O2S. The standard InChI is InChI=1S/C23H18ClN5O2S/c1-31-18-9-8-13(11-15(18)24)29-21(25)19(23(30)26-12-14-5-4-10-32-14)20-22(29)28-17-7-3-2-6-16(17)27-20/h2-11H,12,25H2,1H3,(H,26,30). The van der Waals surface area contributed by atoms with E-state index in [0.717, 1.165) is 4.88 Å². The van der Waals surface area contributed by atoms with Crippen molar-refractivity contribution < 1.29 is 9.53 Å². The van der Waals surface area contributed by atoms with Gasteiger partial charge in [0.2, 0.25) is 0 Å². The van der Waals surface area contributed by atoms with Gasteiger partial charge >= 0.3 is 0 Å². The fourth-order valence-corrected chi connectivity index (χ4v) is 4.51. The maximum absolute atomic E-state index is 13.2. The van der Waals surface area contributed by atoms with E-state index in [1.54, 1.807) is 35.1 Å². The average Bonchev–Trinajstić information content (AvgIpc) is 3.41. The SMILES string of the molecule is COc1ccc(-n2c(N)c(C(=O)NCc3cccs3)c3nc4ccccc4nc32)cc1Cl. The number of carbonyl (C=O) groups is 1. The second kappa shape index (κ2) is 8.14. The van der Waals surface area contributed by atoms with Gasteiger partial charge in [0.25, 0.3) is 5.91 Å². The number of carbonyl (C=O) groups excluding carboxylic acids is 1. The van der Waals surface area contributed by atoms with Crippen LogP contribution in [-0.4, -0.2) is 27.6 Å². The molecule has 7 nitrogen and oxygen atoms in total. The minimum Gasteiger partial charge on any atom is -0.495 e. The number of nitrogen functional groups attached to an aromatic ring is 1. The molecule has 0 radical (unpaired) electrons. The minimum absolute atomic E-state index is 0.236. The number of methoxy groups -OCH3 is 1. The predicted octanol–water partition coefficient (Wildman–Crippen LogP) is 4.81. The summed E-state index contributed by atoms with van der Waals surface area (Å²) < 4.78 is 6.95. The fraction of sp³-hybridized carbons (Fsp3) is 0.0870. The number of nitrogens with two attached hydrogens (primary N) is 1. The van der Waals surface area contributed by atoms with E-state index >= 15 is 0 Å². The number of amides is 1. The van der Waals surface area contributed by atoms with Crippen LogP contribution < -0.4 is 15.8 Å². The number of ether oxygens (including phenoxy) is 1. The molecule has 1 amide bonds. The zero-order valence-corrected chi connectivity index (χ0v) is 18.6. The molecule has 9 heteroatoms. The molecule has 0 aliphatic carbocycles. The van der Waals surface area contributed by atoms with Gasteiger partial charge in [-0.2, -0.15) is 0 Å². The van der Waals surface area contributed by atoms with Gasteiger partial charge in [-0.1, -0.05) is 29.8 Å². The molecular weight excluding hydrogens is 446 g/mol. The highest BCUT2D eigenvalue weighted by Gasteiger charge is 2.25. The molecule has 0 fully saturated rings. The predicted molar refractivity (Wildman–Crippen MR) is 128 cm³/mol. The first-order valence-corrected chi connectivity index (χ1v) is 11.0. The number of thiophene rings is 1. The zero-order valence-electron chi connectivity index (χ0n) is 17.0. The Morgan fingerprint density at radius 1 is 1.16 bits per heavy atom. The van der Waals surface area contributed by atoms with E-state index in [1.165, 1.54) is 0 Å². The van der Waals surface area contributed by atoms with Gasteiger partial charge in [0.05, 0.1) is 35.4 Å². The number of nitrogens with one attached hydrogen (secondary N) is 1. The van der Waals surface area contributed by atoms with Crippen LogP contribution in [0.15, 0.2) is 60.0 Å². The molecule has 32 heavy (non-hydrogen) atoms. The van der Waals surface area contributed by atoms with Gasteiger partial charge < -0.3 is 15.8 Å². The first-order chi connectivity index (χ1) is 15.6. The van der Waals surface area contributed by atoms with Gasteiger partial charge in [-0.25, -0.2) is 9.97 Å². The number of para-hydroxylation sites is 2. The van der Waals surface area contributed by atoms with Gasteiger partial charge in [0.1, 0.15) is 22.6 Å². The monoisotopic (exact) mass is 463 g/mol. The van der Waals surface area contributed by atoms with E-state index < -0.39 is 0 Å². The maximum Gasteiger partial charge on any atom is 0.257 e. The van der Waals surface area contributed by atoms with Crippen LogP contribution in [0.2, 0.25) is 5.02 Å². The van der Waals surface area contributed by atoms with Gasteiger partial charge in [-0.15, -0.1) is 11.3 Å². The van der Waals surface area contributed by atoms with E-state index in [4.69, 9.17) is 32.0 Å². The lowest BCUT2D eigenvalue weighted by Gasteiger charge is -2.10. The Morgan fingerprint density at radius 3 is 2.62 bits per heavy atom. The molecule has 0 spiro atoms. The zero-order chi connectivity index (χ0) is 22.2. The minimum atomic E-state index is -0.316. The molecule has 3 N–H and O–H groups in total. The Kier molecular flexibility index (Phi) is 5.16. The van der Waals surface area contributed by atoms with Crippen molar-refractivity contribution in [3.63, 3.8) is 0 Å². The van der Waals surface area contributed by atoms with Crippen molar-refractivity contribution in [1.82, 2.24) is 19.9 Å². The third-order valence-corrected chi connectivity index (χ3v) is 6.29. The molecule has 0 atom stereocenters. The Labute approximate surface area is 192 Å². The van der Waals surface area contributed by atoms with Crippen LogP contribution in [0.4, 0.5) is 5.82 Å². The normalized spacial score (nSPS) is 11.2. The van der Waals surface area contributed by atoms with E-state index in [0.29, 0.717) is 45.2 Å². The number of fused-ring (bicyclic) bond motifs is 2. The summed E-state index contributed by atoms with van der Waals surface area (Å²) in [5.74, 6) is 0.458. The van der Waals surface area contributed by atoms with Crippen LogP contribution >= 0.6 is 22.9 Å². The van der Waals surface area contributed by atoms with Crippen molar-refractivity contribution in [1.29, 1.82) is 0 Å². The molecule has 0 aliphatic rings. The van der Waals surface area contributed by atoms with E-state index in [-0.39, 0.29) is 17.3 Å². The second-order valence-corrected chi connectivity index (χ2v) is 8.50. The molecule has 5 aromatic rings. The number of anilines is 1. The van der Waals surface area contributed by atoms with Crippen molar-refractivity contribution in [2.45, 2.75) is 6.54 Å². The number of halogens is 1. The molecule has 3 heterocycles. The largest absolute Gasteiger partial charge is 0.495 e. The van der Waals surface area contributed by atoms with Crippen LogP contribution in [0.5, 0.6) is 5.75 Å². The number of hydrogen-bond donors (Lipinski definition) is 2. The van der Waals surface area contributed by atoms with Crippen LogP contribution in [0, 0.1) is 0 Å². The van der Waals surface area contributed by atoms with Crippen molar-refractivity contribution >= 4 is 56.9 Å². The highest BCUT2D eigenvalue weighted by molar-refractivity contribution is 7.09. The molecule has 3 aromatic heterocycles. The highest BCUT2D eigenvalue weighted by atomic mass is 35.5. The summed E-state index contributed by atoms with van der Waals surface area (Å²) in [5, 5.41) is 5.33. The summed E-state index contributed by atoms with van der Waals surface area (Å²) in [5.41, 5.74) is 9.74. The van der Waals surface area contributed by atoms with Crippen molar-refractivity contribution in [3.05, 3.63) is 75.4 Å². The topological polar surface area (TPSA) is 95.1 Å². The fourth-order valence-electron chi connectivity index (χ4n) is 3.61. The quantitative estimate of drug-likeness (QED) is 0.390. The molecule has 0 bridgehead atoms. The lowest BCUT2D eigenvalue weighted by atomic mass is 10.2. The number of rotatable bonds is 5. The summed E-state index contributed by atoms with van der Waals surface area (Å²) in [4.78, 5) is 23.7. The lowest BCUT2D eigenvalue weighted by Crippen LogP contribution is -2.23. The van der Waals surface area contributed by atoms with Gasteiger partial charge in [-0.3, -0.25) is 9.36 Å². The third kappa shape index (κ3) is 3.43. The summed E-state index contributed by atoms with van der Waals surface area (Å²) >= 11 is 7.93. The van der Waals surface area contributed by atoms with Crippen LogP contribution in [0.1, 0.15) is 15.2 Å². The van der Waals surface area contributed by atoms with Gasteiger partial charge in [-0.05, 0) is 41.8 Å². The number of hydrogen-bond acceptors (Lipinski definition) is 6. The van der Waals surface area contributed by atoms with E-state index in [1.807, 2.05) is 47.8 Å². The number of aromatic nitrogens is 3. The van der Waals surface area contributed by atoms with Crippen molar-refractivity contribution in [2.24, 2.45) is 0 Å². The first kappa shape index (κ1) is 20.3. The maximum atomic E-state index is 13.2. The van der Waals surface area contributed by atoms with Crippen LogP contribution in [0.25, 0.3) is 27.9 Å². The summed E-state index contributed by atoms with van der Waals surface area (Å²) in [6.07, 6.45) is 0. The smallest absolute Gasteiger partial charge is 0.257 e. The molecule has 0 aliphatic heterocycles. The Hall–Kier alpha value is -3.62. The Bertz CT molecular complexity index is 1460. The summed E-state index contributed by atoms with van der Waals surface area (Å²) in [6.45, 7) is 0.401. The summed E-state index contributed by atoms with van der Waals surface area (Å²) in [7, 11) is 1.55. The van der Waals surface area contributed by atoms with Crippen LogP contribution in [-0.2, 0) is 6.54 Å². The lowest BCUT2D eigenvalue weighted by molar-refractivity contribution is 0.0953. The van der Waals surface area contributed by atoms with E-state index in [2.05, 4.69) is 5.32 Å². The number of benzene rings is 2. The third-order valence-electron chi connectivity index (χ3n) is 5.12. The molecule has 0 unspecified atom stereocenters. The average molecular weight is 464 g/mol. The van der Waals surface area contributed by atoms with Gasteiger partial charge in [0.15, 0.2) is 5.65 Å². The van der Waals surface area contributed by atoms with Crippen LogP contribution in [0.3, 0.4) is 0 Å². The van der Waals surface area contributed by atoms with E-state index in [9.17, 15) is 4.79 Å². The van der Waals surface area contributed by atoms with Crippen molar-refractivity contribution in [2.75, 3.05) is 12.8 Å². The second-order valence-electron chi connectivity index (χ2n) is 7.06. The first-order valence-electron chi connectivity index (χ1n) is 9.78. The molecule has 160 valence electrons. The van der Waals surface area contributed by atoms with Gasteiger partial charge in [0, 0.05) is 4.88 Å². The van der Waals surface area contributed by atoms with Crippen molar-refractivity contribution in [3.8, 4) is 11.4 Å². The molecule has 0 saturated heterocycles. The highest BCUT2D eigenvalue weighted by Crippen LogP contribution is 2.34. The Balaban J connectivity index is 1.70. The molecule has 0 saturated carbocycles. The Morgan fingerprint density at radius 2 is 1.94 bits per heavy atom. The summed E-state index contributed by atoms with van der Waals surface area (Å²) in [6, 6.07) is 16.7.